The van der Waals surface area contributed by atoms with Crippen LogP contribution in [0.2, 0.25) is 0 Å². The molecule has 0 unspecified atom stereocenters. The van der Waals surface area contributed by atoms with Gasteiger partial charge in [-0.1, -0.05) is 24.1 Å². The zero-order valence-electron chi connectivity index (χ0n) is 10.7. The summed E-state index contributed by atoms with van der Waals surface area (Å²) >= 11 is 0. The monoisotopic (exact) mass is 303 g/mol. The third-order valence-electron chi connectivity index (χ3n) is 3.04. The smallest absolute Gasteiger partial charge is 0 e. The average molecular weight is 303 g/mol. The van der Waals surface area contributed by atoms with Crippen LogP contribution in [-0.4, -0.2) is 0 Å². The van der Waals surface area contributed by atoms with Gasteiger partial charge in [-0.05, 0) is 25.2 Å². The zero-order chi connectivity index (χ0) is 11.8. The van der Waals surface area contributed by atoms with Crippen molar-refractivity contribution < 1.29 is 32.7 Å². The Labute approximate surface area is 132 Å². The zero-order valence-corrected chi connectivity index (χ0v) is 13.5. The molecule has 0 amide bonds. The molecule has 1 saturated carbocycles. The molecule has 1 radical (unpaired) electrons. The Morgan fingerprint density at radius 2 is 2.24 bits per heavy atom. The van der Waals surface area contributed by atoms with Crippen molar-refractivity contribution in [1.82, 2.24) is 0 Å². The third kappa shape index (κ3) is 5.88. The van der Waals surface area contributed by atoms with Crippen LogP contribution in [0.4, 0.5) is 0 Å². The van der Waals surface area contributed by atoms with Crippen LogP contribution in [0.25, 0.3) is 0 Å². The van der Waals surface area contributed by atoms with E-state index in [1.807, 2.05) is 12.2 Å². The van der Waals surface area contributed by atoms with Crippen molar-refractivity contribution in [3.8, 4) is 0 Å². The van der Waals surface area contributed by atoms with E-state index in [9.17, 15) is 0 Å². The summed E-state index contributed by atoms with van der Waals surface area (Å²) in [5.74, 6) is 0.618. The topological polar surface area (TPSA) is 0 Å². The molecule has 1 rings (SSSR count). The first-order valence-corrected chi connectivity index (χ1v) is 6.07. The van der Waals surface area contributed by atoms with E-state index in [2.05, 4.69) is 38.7 Å². The van der Waals surface area contributed by atoms with Gasteiger partial charge in [0.15, 0.2) is 0 Å². The molecule has 1 atom stereocenters. The standard InChI is InChI=1S/C16H22.Y/c1-4-7-10-15-11-8-12-16(15)13-14(6-3)9-5-2;/h4-5,9-10,13,16H,1-3,6-8,11-12H2;/q-2;/b14-13+,15-10+;/t16-;/m1./s1. The molecule has 1 heteroatoms. The fraction of sp³-hybridized carbons (Fsp3) is 0.375. The molecule has 91 valence electrons. The maximum Gasteiger partial charge on any atom is 0 e. The summed E-state index contributed by atoms with van der Waals surface area (Å²) in [7, 11) is 0. The second-order valence-electron chi connectivity index (χ2n) is 4.20. The number of hydrogen-bond donors (Lipinski definition) is 0. The minimum atomic E-state index is 0. The van der Waals surface area contributed by atoms with Gasteiger partial charge in [-0.15, -0.1) is 6.58 Å². The molecule has 1 aliphatic carbocycles. The van der Waals surface area contributed by atoms with Gasteiger partial charge < -0.3 is 6.92 Å². The first-order chi connectivity index (χ1) is 7.81. The van der Waals surface area contributed by atoms with E-state index < -0.39 is 0 Å². The average Bonchev–Trinajstić information content (AvgIpc) is 2.73. The largest absolute Gasteiger partial charge is 0.341 e. The number of allylic oxidation sites excluding steroid dienone is 6. The van der Waals surface area contributed by atoms with Crippen LogP contribution in [0.3, 0.4) is 0 Å². The molecular formula is C16H22Y-2. The summed E-state index contributed by atoms with van der Waals surface area (Å²) in [5.41, 5.74) is 2.87. The van der Waals surface area contributed by atoms with Crippen LogP contribution in [0.15, 0.2) is 48.6 Å². The Bertz CT molecular complexity index is 297. The molecule has 0 bridgehead atoms. The van der Waals surface area contributed by atoms with Gasteiger partial charge in [0.25, 0.3) is 0 Å². The van der Waals surface area contributed by atoms with Crippen molar-refractivity contribution in [1.29, 1.82) is 0 Å². The predicted octanol–water partition coefficient (Wildman–Crippen LogP) is 4.83. The first kappa shape index (κ1) is 16.9. The number of hydrogen-bond acceptors (Lipinski definition) is 0. The van der Waals surface area contributed by atoms with E-state index >= 15 is 0 Å². The fourth-order valence-corrected chi connectivity index (χ4v) is 2.21. The van der Waals surface area contributed by atoms with Gasteiger partial charge in [-0.2, -0.15) is 37.1 Å². The summed E-state index contributed by atoms with van der Waals surface area (Å²) in [6.45, 7) is 11.5. The molecule has 1 fully saturated rings. The molecule has 0 N–H and O–H groups in total. The Kier molecular flexibility index (Phi) is 9.87. The SMILES string of the molecule is C=C[CH-]/C(=C/[C@H]1CCC/C1=C\CC=C)C[CH2-].[Y]. The minimum Gasteiger partial charge on any atom is -0.341 e. The van der Waals surface area contributed by atoms with Crippen LogP contribution in [0.5, 0.6) is 0 Å². The third-order valence-corrected chi connectivity index (χ3v) is 3.04. The summed E-state index contributed by atoms with van der Waals surface area (Å²) in [5, 5.41) is 0. The molecule has 0 aliphatic heterocycles. The van der Waals surface area contributed by atoms with Crippen molar-refractivity contribution in [3.05, 3.63) is 62.0 Å². The van der Waals surface area contributed by atoms with Crippen molar-refractivity contribution in [2.45, 2.75) is 32.1 Å². The number of rotatable bonds is 6. The van der Waals surface area contributed by atoms with Gasteiger partial charge >= 0.3 is 0 Å². The molecule has 1 aliphatic rings. The molecule has 0 nitrogen and oxygen atoms in total. The molecule has 0 spiro atoms. The van der Waals surface area contributed by atoms with E-state index in [0.29, 0.717) is 5.92 Å². The molecule has 0 aromatic carbocycles. The quantitative estimate of drug-likeness (QED) is 0.487. The Hall–Kier alpha value is -0.0661. The van der Waals surface area contributed by atoms with Crippen molar-refractivity contribution in [2.75, 3.05) is 0 Å². The van der Waals surface area contributed by atoms with Gasteiger partial charge in [0.05, 0.1) is 0 Å². The second kappa shape index (κ2) is 9.91. The second-order valence-corrected chi connectivity index (χ2v) is 4.20. The summed E-state index contributed by atoms with van der Waals surface area (Å²) in [4.78, 5) is 0. The van der Waals surface area contributed by atoms with Gasteiger partial charge in [0, 0.05) is 32.7 Å². The minimum absolute atomic E-state index is 0. The Balaban J connectivity index is 0.00000256. The summed E-state index contributed by atoms with van der Waals surface area (Å²) < 4.78 is 0. The Morgan fingerprint density at radius 3 is 2.82 bits per heavy atom. The van der Waals surface area contributed by atoms with Crippen LogP contribution in [0, 0.1) is 19.3 Å². The van der Waals surface area contributed by atoms with E-state index in [1.54, 1.807) is 5.57 Å². The molecule has 0 heterocycles. The molecular weight excluding hydrogens is 281 g/mol. The van der Waals surface area contributed by atoms with Crippen LogP contribution < -0.4 is 0 Å². The fourth-order valence-electron chi connectivity index (χ4n) is 2.21. The maximum absolute atomic E-state index is 3.95. The van der Waals surface area contributed by atoms with Crippen LogP contribution >= 0.6 is 0 Å². The van der Waals surface area contributed by atoms with Crippen LogP contribution in [-0.2, 0) is 32.7 Å². The van der Waals surface area contributed by atoms with Gasteiger partial charge in [0.2, 0.25) is 0 Å². The van der Waals surface area contributed by atoms with Crippen molar-refractivity contribution >= 4 is 0 Å². The summed E-state index contributed by atoms with van der Waals surface area (Å²) in [6.07, 6.45) is 16.2. The van der Waals surface area contributed by atoms with Crippen molar-refractivity contribution in [2.24, 2.45) is 5.92 Å². The van der Waals surface area contributed by atoms with Gasteiger partial charge in [-0.3, -0.25) is 0 Å². The van der Waals surface area contributed by atoms with Gasteiger partial charge in [-0.25, -0.2) is 0 Å². The van der Waals surface area contributed by atoms with E-state index in [4.69, 9.17) is 0 Å². The van der Waals surface area contributed by atoms with E-state index in [-0.39, 0.29) is 32.7 Å². The molecule has 0 saturated heterocycles. The molecule has 0 aromatic rings. The van der Waals surface area contributed by atoms with Crippen molar-refractivity contribution in [3.63, 3.8) is 0 Å². The predicted molar refractivity (Wildman–Crippen MR) is 72.8 cm³/mol. The van der Waals surface area contributed by atoms with Crippen LogP contribution in [0.1, 0.15) is 32.1 Å². The normalized spacial score (nSPS) is 22.1. The van der Waals surface area contributed by atoms with E-state index in [0.717, 1.165) is 12.8 Å². The first-order valence-electron chi connectivity index (χ1n) is 6.07. The summed E-state index contributed by atoms with van der Waals surface area (Å²) in [6, 6.07) is 0. The molecule has 17 heavy (non-hydrogen) atoms. The van der Waals surface area contributed by atoms with E-state index in [1.165, 1.54) is 24.8 Å². The van der Waals surface area contributed by atoms with Gasteiger partial charge in [0.1, 0.15) is 0 Å². The molecule has 0 aromatic heterocycles. The Morgan fingerprint density at radius 1 is 1.47 bits per heavy atom. The maximum atomic E-state index is 3.95.